The number of allylic oxidation sites excluding steroid dienone is 2. The van der Waals surface area contributed by atoms with E-state index in [1.807, 2.05) is 11.8 Å². The Labute approximate surface area is 138 Å². The van der Waals surface area contributed by atoms with E-state index in [4.69, 9.17) is 0 Å². The summed E-state index contributed by atoms with van der Waals surface area (Å²) in [5.41, 5.74) is 0. The van der Waals surface area contributed by atoms with E-state index in [0.29, 0.717) is 0 Å². The zero-order valence-electron chi connectivity index (χ0n) is 14.6. The second kappa shape index (κ2) is 19.8. The van der Waals surface area contributed by atoms with Crippen LogP contribution in [0.15, 0.2) is 23.0 Å². The summed E-state index contributed by atoms with van der Waals surface area (Å²) in [6, 6.07) is 0. The molecule has 0 aliphatic heterocycles. The maximum Gasteiger partial charge on any atom is -0.0288 e. The summed E-state index contributed by atoms with van der Waals surface area (Å²) in [6.07, 6.45) is 23.9. The molecule has 0 radical (unpaired) electrons. The molecule has 0 N–H and O–H groups in total. The van der Waals surface area contributed by atoms with E-state index < -0.39 is 0 Å². The van der Waals surface area contributed by atoms with Crippen molar-refractivity contribution in [3.05, 3.63) is 23.0 Å². The van der Waals surface area contributed by atoms with Crippen LogP contribution in [0.2, 0.25) is 0 Å². The Morgan fingerprint density at radius 3 is 1.33 bits per heavy atom. The van der Waals surface area contributed by atoms with Gasteiger partial charge >= 0.3 is 0 Å². The molecule has 0 aromatic carbocycles. The molecular formula is C20H38S. The van der Waals surface area contributed by atoms with Gasteiger partial charge in [0, 0.05) is 0 Å². The van der Waals surface area contributed by atoms with Crippen LogP contribution in [0.5, 0.6) is 0 Å². The van der Waals surface area contributed by atoms with Crippen molar-refractivity contribution in [1.82, 2.24) is 0 Å². The van der Waals surface area contributed by atoms with E-state index in [1.54, 1.807) is 0 Å². The highest BCUT2D eigenvalue weighted by molar-refractivity contribution is 8.04. The maximum absolute atomic E-state index is 2.33. The molecule has 0 aliphatic carbocycles. The van der Waals surface area contributed by atoms with Crippen molar-refractivity contribution in [3.63, 3.8) is 0 Å². The summed E-state index contributed by atoms with van der Waals surface area (Å²) in [6.45, 7) is 4.56. The third kappa shape index (κ3) is 19.8. The molecule has 0 fully saturated rings. The SMILES string of the molecule is CCCCCCCCC=CSC=CCCCCCCCC. The van der Waals surface area contributed by atoms with Gasteiger partial charge < -0.3 is 0 Å². The monoisotopic (exact) mass is 310 g/mol. The first-order valence-corrected chi connectivity index (χ1v) is 10.3. The topological polar surface area (TPSA) is 0 Å². The molecule has 0 saturated heterocycles. The molecule has 0 aromatic heterocycles. The van der Waals surface area contributed by atoms with Gasteiger partial charge in [-0.2, -0.15) is 0 Å². The van der Waals surface area contributed by atoms with Gasteiger partial charge in [0.1, 0.15) is 0 Å². The van der Waals surface area contributed by atoms with Gasteiger partial charge in [0.05, 0.1) is 0 Å². The van der Waals surface area contributed by atoms with Crippen LogP contribution in [-0.4, -0.2) is 0 Å². The fraction of sp³-hybridized carbons (Fsp3) is 0.800. The average Bonchev–Trinajstić information content (AvgIpc) is 2.50. The minimum absolute atomic E-state index is 1.25. The molecule has 21 heavy (non-hydrogen) atoms. The smallest absolute Gasteiger partial charge is 0.0288 e. The third-order valence-corrected chi connectivity index (χ3v) is 4.50. The van der Waals surface area contributed by atoms with Crippen LogP contribution in [0.4, 0.5) is 0 Å². The Kier molecular flexibility index (Phi) is 19.7. The zero-order valence-corrected chi connectivity index (χ0v) is 15.4. The first-order chi connectivity index (χ1) is 10.4. The molecule has 0 rings (SSSR count). The first-order valence-electron chi connectivity index (χ1n) is 9.37. The first kappa shape index (κ1) is 20.8. The summed E-state index contributed by atoms with van der Waals surface area (Å²) in [5.74, 6) is 0. The quantitative estimate of drug-likeness (QED) is 0.259. The predicted octanol–water partition coefficient (Wildman–Crippen LogP) is 8.25. The Hall–Kier alpha value is -0.170. The minimum Gasteiger partial charge on any atom is -0.107 e. The summed E-state index contributed by atoms with van der Waals surface area (Å²) < 4.78 is 0. The molecule has 0 amide bonds. The second-order valence-electron chi connectivity index (χ2n) is 5.99. The number of hydrogen-bond donors (Lipinski definition) is 0. The maximum atomic E-state index is 2.33. The lowest BCUT2D eigenvalue weighted by Gasteiger charge is -1.97. The van der Waals surface area contributed by atoms with Crippen LogP contribution in [0.25, 0.3) is 0 Å². The van der Waals surface area contributed by atoms with Gasteiger partial charge in [0.25, 0.3) is 0 Å². The lowest BCUT2D eigenvalue weighted by molar-refractivity contribution is 0.611. The standard InChI is InChI=1S/C20H38S/c1-3-5-7-9-11-13-15-17-19-21-20-18-16-14-12-10-8-6-4-2/h17-20H,3-16H2,1-2H3. The number of unbranched alkanes of at least 4 members (excludes halogenated alkanes) is 12. The lowest BCUT2D eigenvalue weighted by Crippen LogP contribution is -1.77. The Balaban J connectivity index is 3.14. The van der Waals surface area contributed by atoms with Gasteiger partial charge in [0.2, 0.25) is 0 Å². The highest BCUT2D eigenvalue weighted by Crippen LogP contribution is 2.11. The highest BCUT2D eigenvalue weighted by Gasteiger charge is 1.89. The summed E-state index contributed by atoms with van der Waals surface area (Å²) >= 11 is 1.84. The van der Waals surface area contributed by atoms with E-state index in [2.05, 4.69) is 36.8 Å². The molecule has 1 heteroatoms. The third-order valence-electron chi connectivity index (χ3n) is 3.80. The van der Waals surface area contributed by atoms with Crippen LogP contribution in [0.1, 0.15) is 104 Å². The molecule has 0 unspecified atom stereocenters. The van der Waals surface area contributed by atoms with E-state index in [0.717, 1.165) is 0 Å². The van der Waals surface area contributed by atoms with Crippen LogP contribution < -0.4 is 0 Å². The van der Waals surface area contributed by atoms with Crippen molar-refractivity contribution in [1.29, 1.82) is 0 Å². The number of rotatable bonds is 16. The zero-order chi connectivity index (χ0) is 15.4. The fourth-order valence-corrected chi connectivity index (χ4v) is 2.96. The molecule has 0 heterocycles. The van der Waals surface area contributed by atoms with Gasteiger partial charge in [-0.15, -0.1) is 11.8 Å². The second-order valence-corrected chi connectivity index (χ2v) is 6.81. The average molecular weight is 311 g/mol. The molecule has 0 saturated carbocycles. The van der Waals surface area contributed by atoms with Crippen molar-refractivity contribution >= 4 is 11.8 Å². The van der Waals surface area contributed by atoms with Crippen molar-refractivity contribution in [2.45, 2.75) is 104 Å². The van der Waals surface area contributed by atoms with Crippen LogP contribution >= 0.6 is 11.8 Å². The fourth-order valence-electron chi connectivity index (χ4n) is 2.38. The van der Waals surface area contributed by atoms with Gasteiger partial charge in [-0.05, 0) is 36.5 Å². The normalized spacial score (nSPS) is 11.9. The highest BCUT2D eigenvalue weighted by atomic mass is 32.2. The molecule has 0 nitrogen and oxygen atoms in total. The molecule has 0 atom stereocenters. The number of thioether (sulfide) groups is 1. The molecule has 0 aromatic rings. The van der Waals surface area contributed by atoms with Crippen LogP contribution in [-0.2, 0) is 0 Å². The molecule has 0 bridgehead atoms. The predicted molar refractivity (Wildman–Crippen MR) is 102 cm³/mol. The summed E-state index contributed by atoms with van der Waals surface area (Å²) in [4.78, 5) is 0. The van der Waals surface area contributed by atoms with E-state index >= 15 is 0 Å². The van der Waals surface area contributed by atoms with Crippen LogP contribution in [0, 0.1) is 0 Å². The van der Waals surface area contributed by atoms with Gasteiger partial charge in [-0.1, -0.05) is 90.2 Å². The van der Waals surface area contributed by atoms with Gasteiger partial charge in [0.15, 0.2) is 0 Å². The van der Waals surface area contributed by atoms with Gasteiger partial charge in [-0.3, -0.25) is 0 Å². The van der Waals surface area contributed by atoms with E-state index in [9.17, 15) is 0 Å². The minimum atomic E-state index is 1.25. The lowest BCUT2D eigenvalue weighted by atomic mass is 10.1. The van der Waals surface area contributed by atoms with Crippen molar-refractivity contribution in [2.75, 3.05) is 0 Å². The Morgan fingerprint density at radius 1 is 0.524 bits per heavy atom. The molecule has 0 spiro atoms. The number of hydrogen-bond acceptors (Lipinski definition) is 1. The van der Waals surface area contributed by atoms with Crippen molar-refractivity contribution < 1.29 is 0 Å². The molecule has 0 aliphatic rings. The van der Waals surface area contributed by atoms with E-state index in [1.165, 1.54) is 89.9 Å². The largest absolute Gasteiger partial charge is 0.107 e. The van der Waals surface area contributed by atoms with Crippen LogP contribution in [0.3, 0.4) is 0 Å². The van der Waals surface area contributed by atoms with Crippen molar-refractivity contribution in [3.8, 4) is 0 Å². The van der Waals surface area contributed by atoms with Gasteiger partial charge in [-0.25, -0.2) is 0 Å². The molecular weight excluding hydrogens is 272 g/mol. The summed E-state index contributed by atoms with van der Waals surface area (Å²) in [7, 11) is 0. The van der Waals surface area contributed by atoms with Crippen molar-refractivity contribution in [2.24, 2.45) is 0 Å². The summed E-state index contributed by atoms with van der Waals surface area (Å²) in [5, 5.41) is 4.51. The molecule has 124 valence electrons. The Morgan fingerprint density at radius 2 is 0.905 bits per heavy atom. The van der Waals surface area contributed by atoms with E-state index in [-0.39, 0.29) is 0 Å². The Bertz CT molecular complexity index is 206.